The van der Waals surface area contributed by atoms with Crippen molar-refractivity contribution in [3.63, 3.8) is 0 Å². The predicted octanol–water partition coefficient (Wildman–Crippen LogP) is 5.46. The Kier molecular flexibility index (Phi) is 5.82. The Morgan fingerprint density at radius 3 is 2.41 bits per heavy atom. The van der Waals surface area contributed by atoms with Gasteiger partial charge >= 0.3 is 0 Å². The zero-order valence-corrected chi connectivity index (χ0v) is 17.2. The van der Waals surface area contributed by atoms with Gasteiger partial charge in [-0.1, -0.05) is 17.7 Å². The maximum atomic E-state index is 13.0. The summed E-state index contributed by atoms with van der Waals surface area (Å²) in [5, 5.41) is 4.45. The minimum atomic E-state index is -0.297. The lowest BCUT2D eigenvalue weighted by Crippen LogP contribution is -2.24. The second-order valence-electron chi connectivity index (χ2n) is 6.41. The summed E-state index contributed by atoms with van der Waals surface area (Å²) in [7, 11) is 0. The fourth-order valence-electron chi connectivity index (χ4n) is 2.37. The van der Waals surface area contributed by atoms with Crippen LogP contribution in [0.25, 0.3) is 15.6 Å². The molecule has 0 aliphatic carbocycles. The first-order valence-electron chi connectivity index (χ1n) is 8.46. The average molecular weight is 402 g/mol. The summed E-state index contributed by atoms with van der Waals surface area (Å²) < 4.78 is 13.0. The molecule has 1 amide bonds. The number of halogens is 1. The summed E-state index contributed by atoms with van der Waals surface area (Å²) in [5.74, 6) is -0.542. The van der Waals surface area contributed by atoms with E-state index in [-0.39, 0.29) is 11.7 Å². The molecule has 0 bridgehead atoms. The summed E-state index contributed by atoms with van der Waals surface area (Å²) in [4.78, 5) is 23.7. The van der Waals surface area contributed by atoms with Crippen molar-refractivity contribution < 1.29 is 9.18 Å². The van der Waals surface area contributed by atoms with Crippen LogP contribution in [0.15, 0.2) is 36.0 Å². The summed E-state index contributed by atoms with van der Waals surface area (Å²) >= 11 is 3.04. The minimum absolute atomic E-state index is 0.245. The molecule has 2 aromatic heterocycles. The molecule has 27 heavy (non-hydrogen) atoms. The van der Waals surface area contributed by atoms with Crippen LogP contribution in [-0.4, -0.2) is 15.9 Å². The van der Waals surface area contributed by atoms with Crippen molar-refractivity contribution in [2.24, 2.45) is 0 Å². The standard InChI is InChI=1S/C20H20FN3OS2/c1-11(2)13(4)17-16(24-20(27-17)19-23-9-12(3)26-19)18(25)22-10-14-5-7-15(21)8-6-14/h5-9H,10H2,1-4H3,(H,22,25). The largest absolute Gasteiger partial charge is 0.347 e. The van der Waals surface area contributed by atoms with Crippen molar-refractivity contribution in [2.45, 2.75) is 34.2 Å². The van der Waals surface area contributed by atoms with E-state index in [1.165, 1.54) is 23.5 Å². The zero-order chi connectivity index (χ0) is 19.6. The first kappa shape index (κ1) is 19.4. The van der Waals surface area contributed by atoms with Gasteiger partial charge < -0.3 is 5.32 Å². The van der Waals surface area contributed by atoms with E-state index in [0.717, 1.165) is 36.5 Å². The van der Waals surface area contributed by atoms with Crippen LogP contribution in [0, 0.1) is 12.7 Å². The second-order valence-corrected chi connectivity index (χ2v) is 8.64. The number of nitrogens with one attached hydrogen (secondary N) is 1. The fourth-order valence-corrected chi connectivity index (χ4v) is 4.33. The highest BCUT2D eigenvalue weighted by molar-refractivity contribution is 7.22. The Morgan fingerprint density at radius 2 is 1.81 bits per heavy atom. The quantitative estimate of drug-likeness (QED) is 0.618. The normalized spacial score (nSPS) is 10.7. The molecule has 0 unspecified atom stereocenters. The first-order chi connectivity index (χ1) is 12.8. The van der Waals surface area contributed by atoms with E-state index in [4.69, 9.17) is 0 Å². The number of thiazole rings is 2. The summed E-state index contributed by atoms with van der Waals surface area (Å²) in [6.45, 7) is 8.34. The molecule has 4 nitrogen and oxygen atoms in total. The maximum Gasteiger partial charge on any atom is 0.271 e. The van der Waals surface area contributed by atoms with Crippen LogP contribution < -0.4 is 5.32 Å². The first-order valence-corrected chi connectivity index (χ1v) is 10.1. The molecule has 2 heterocycles. The van der Waals surface area contributed by atoms with Crippen LogP contribution in [0.1, 0.15) is 46.6 Å². The van der Waals surface area contributed by atoms with Crippen molar-refractivity contribution in [3.05, 3.63) is 62.9 Å². The monoisotopic (exact) mass is 401 g/mol. The lowest BCUT2D eigenvalue weighted by Gasteiger charge is -2.07. The van der Waals surface area contributed by atoms with Gasteiger partial charge in [0.1, 0.15) is 11.5 Å². The molecule has 0 radical (unpaired) electrons. The van der Waals surface area contributed by atoms with Gasteiger partial charge in [-0.2, -0.15) is 0 Å². The van der Waals surface area contributed by atoms with Gasteiger partial charge in [0.2, 0.25) is 0 Å². The summed E-state index contributed by atoms with van der Waals surface area (Å²) in [5.41, 5.74) is 3.41. The number of hydrogen-bond acceptors (Lipinski definition) is 5. The Balaban J connectivity index is 1.90. The Morgan fingerprint density at radius 1 is 1.11 bits per heavy atom. The van der Waals surface area contributed by atoms with Gasteiger partial charge in [-0.15, -0.1) is 22.7 Å². The van der Waals surface area contributed by atoms with Gasteiger partial charge in [-0.25, -0.2) is 14.4 Å². The molecule has 0 spiro atoms. The number of aromatic nitrogens is 2. The lowest BCUT2D eigenvalue weighted by molar-refractivity contribution is 0.0946. The smallest absolute Gasteiger partial charge is 0.271 e. The number of nitrogens with zero attached hydrogens (tertiary/aromatic N) is 2. The molecule has 0 fully saturated rings. The number of benzene rings is 1. The van der Waals surface area contributed by atoms with E-state index < -0.39 is 0 Å². The van der Waals surface area contributed by atoms with E-state index in [1.54, 1.807) is 23.5 Å². The molecule has 0 aliphatic heterocycles. The Labute approximate surface area is 165 Å². The van der Waals surface area contributed by atoms with E-state index in [9.17, 15) is 9.18 Å². The van der Waals surface area contributed by atoms with Crippen molar-refractivity contribution in [2.75, 3.05) is 0 Å². The Hall–Kier alpha value is -2.38. The SMILES string of the molecule is CC(C)=C(C)c1sc(-c2ncc(C)s2)nc1C(=O)NCc1ccc(F)cc1. The average Bonchev–Trinajstić information content (AvgIpc) is 3.26. The van der Waals surface area contributed by atoms with Gasteiger partial charge in [0.25, 0.3) is 5.91 Å². The van der Waals surface area contributed by atoms with Crippen LogP contribution in [0.5, 0.6) is 0 Å². The van der Waals surface area contributed by atoms with Gasteiger partial charge in [0.15, 0.2) is 10.0 Å². The van der Waals surface area contributed by atoms with Gasteiger partial charge in [-0.3, -0.25) is 4.79 Å². The number of carbonyl (C=O) groups excluding carboxylic acids is 1. The second kappa shape index (κ2) is 8.10. The molecule has 0 atom stereocenters. The van der Waals surface area contributed by atoms with E-state index in [1.807, 2.05) is 33.9 Å². The van der Waals surface area contributed by atoms with Crippen LogP contribution in [0.2, 0.25) is 0 Å². The third-order valence-corrected chi connectivity index (χ3v) is 6.33. The molecule has 7 heteroatoms. The van der Waals surface area contributed by atoms with Gasteiger partial charge in [0, 0.05) is 17.6 Å². The highest BCUT2D eigenvalue weighted by atomic mass is 32.1. The number of rotatable bonds is 5. The molecular formula is C20H20FN3OS2. The third-order valence-electron chi connectivity index (χ3n) is 4.10. The van der Waals surface area contributed by atoms with E-state index >= 15 is 0 Å². The number of aryl methyl sites for hydroxylation is 1. The number of hydrogen-bond donors (Lipinski definition) is 1. The van der Waals surface area contributed by atoms with Gasteiger partial charge in [-0.05, 0) is 51.0 Å². The van der Waals surface area contributed by atoms with Crippen LogP contribution >= 0.6 is 22.7 Å². The summed E-state index contributed by atoms with van der Waals surface area (Å²) in [6.07, 6.45) is 1.81. The van der Waals surface area contributed by atoms with Gasteiger partial charge in [0.05, 0.1) is 4.88 Å². The number of amides is 1. The third kappa shape index (κ3) is 4.48. The molecule has 3 aromatic rings. The van der Waals surface area contributed by atoms with Crippen molar-refractivity contribution in [3.8, 4) is 10.0 Å². The van der Waals surface area contributed by atoms with E-state index in [2.05, 4.69) is 15.3 Å². The Bertz CT molecular complexity index is 999. The number of carbonyl (C=O) groups is 1. The molecule has 0 saturated carbocycles. The number of allylic oxidation sites excluding steroid dienone is 2. The topological polar surface area (TPSA) is 54.9 Å². The zero-order valence-electron chi connectivity index (χ0n) is 15.6. The highest BCUT2D eigenvalue weighted by Crippen LogP contribution is 2.35. The van der Waals surface area contributed by atoms with E-state index in [0.29, 0.717) is 12.2 Å². The molecule has 0 aliphatic rings. The predicted molar refractivity (Wildman–Crippen MR) is 109 cm³/mol. The molecule has 1 N–H and O–H groups in total. The van der Waals surface area contributed by atoms with Crippen LogP contribution in [-0.2, 0) is 6.54 Å². The molecule has 3 rings (SSSR count). The molecule has 140 valence electrons. The van der Waals surface area contributed by atoms with Crippen molar-refractivity contribution >= 4 is 34.2 Å². The van der Waals surface area contributed by atoms with Crippen LogP contribution in [0.3, 0.4) is 0 Å². The summed E-state index contributed by atoms with van der Waals surface area (Å²) in [6, 6.07) is 6.07. The minimum Gasteiger partial charge on any atom is -0.347 e. The molecule has 0 saturated heterocycles. The molecule has 1 aromatic carbocycles. The van der Waals surface area contributed by atoms with Crippen molar-refractivity contribution in [1.29, 1.82) is 0 Å². The fraction of sp³-hybridized carbons (Fsp3) is 0.250. The maximum absolute atomic E-state index is 13.0. The lowest BCUT2D eigenvalue weighted by atomic mass is 10.1. The van der Waals surface area contributed by atoms with Crippen LogP contribution in [0.4, 0.5) is 4.39 Å². The van der Waals surface area contributed by atoms with Crippen molar-refractivity contribution in [1.82, 2.24) is 15.3 Å². The highest BCUT2D eigenvalue weighted by Gasteiger charge is 2.21. The molecular weight excluding hydrogens is 381 g/mol.